The maximum absolute atomic E-state index is 12.0. The standard InChI is InChI=1S/C13H27N3O/c1-9(2)8-12(14)13(17)15-16-10(3)6-5-7-11(16)4/h9-12H,5-8,14H2,1-4H3,(H,15,17). The first kappa shape index (κ1) is 14.5. The summed E-state index contributed by atoms with van der Waals surface area (Å²) in [6.45, 7) is 8.48. The highest BCUT2D eigenvalue weighted by atomic mass is 16.2. The molecule has 1 saturated heterocycles. The first-order valence-corrected chi connectivity index (χ1v) is 6.76. The fraction of sp³-hybridized carbons (Fsp3) is 0.923. The van der Waals surface area contributed by atoms with E-state index < -0.39 is 6.04 Å². The van der Waals surface area contributed by atoms with E-state index in [1.165, 1.54) is 6.42 Å². The minimum atomic E-state index is -0.392. The van der Waals surface area contributed by atoms with Gasteiger partial charge in [-0.2, -0.15) is 0 Å². The zero-order valence-corrected chi connectivity index (χ0v) is 11.6. The Labute approximate surface area is 105 Å². The molecule has 4 nitrogen and oxygen atoms in total. The molecule has 1 heterocycles. The van der Waals surface area contributed by atoms with Crippen LogP contribution in [-0.4, -0.2) is 29.0 Å². The normalized spacial score (nSPS) is 28.1. The second-order valence-electron chi connectivity index (χ2n) is 5.75. The van der Waals surface area contributed by atoms with Gasteiger partial charge in [0, 0.05) is 12.1 Å². The van der Waals surface area contributed by atoms with Crippen LogP contribution in [0.4, 0.5) is 0 Å². The average Bonchev–Trinajstić information content (AvgIpc) is 2.22. The summed E-state index contributed by atoms with van der Waals surface area (Å²) in [7, 11) is 0. The van der Waals surface area contributed by atoms with Crippen LogP contribution >= 0.6 is 0 Å². The zero-order valence-electron chi connectivity index (χ0n) is 11.6. The van der Waals surface area contributed by atoms with Crippen LogP contribution < -0.4 is 11.2 Å². The maximum Gasteiger partial charge on any atom is 0.251 e. The monoisotopic (exact) mass is 241 g/mol. The molecule has 3 N–H and O–H groups in total. The highest BCUT2D eigenvalue weighted by Gasteiger charge is 2.27. The van der Waals surface area contributed by atoms with E-state index in [1.807, 2.05) is 0 Å². The number of amides is 1. The molecular weight excluding hydrogens is 214 g/mol. The van der Waals surface area contributed by atoms with Gasteiger partial charge in [-0.25, -0.2) is 5.01 Å². The van der Waals surface area contributed by atoms with Crippen molar-refractivity contribution in [2.24, 2.45) is 11.7 Å². The SMILES string of the molecule is CC(C)CC(N)C(=O)NN1C(C)CCCC1C. The summed E-state index contributed by atoms with van der Waals surface area (Å²) in [4.78, 5) is 12.0. The van der Waals surface area contributed by atoms with E-state index >= 15 is 0 Å². The molecule has 0 spiro atoms. The van der Waals surface area contributed by atoms with Crippen LogP contribution in [0.3, 0.4) is 0 Å². The van der Waals surface area contributed by atoms with E-state index in [1.54, 1.807) is 0 Å². The average molecular weight is 241 g/mol. The molecule has 0 aliphatic carbocycles. The molecule has 1 amide bonds. The number of rotatable bonds is 4. The molecule has 3 atom stereocenters. The molecule has 0 aromatic carbocycles. The molecule has 1 aliphatic rings. The zero-order chi connectivity index (χ0) is 13.0. The Kier molecular flexibility index (Phi) is 5.40. The molecule has 0 aromatic rings. The second kappa shape index (κ2) is 6.36. The molecule has 17 heavy (non-hydrogen) atoms. The third-order valence-electron chi connectivity index (χ3n) is 3.49. The summed E-state index contributed by atoms with van der Waals surface area (Å²) >= 11 is 0. The Balaban J connectivity index is 2.48. The molecule has 1 aliphatic heterocycles. The highest BCUT2D eigenvalue weighted by Crippen LogP contribution is 2.20. The quantitative estimate of drug-likeness (QED) is 0.787. The summed E-state index contributed by atoms with van der Waals surface area (Å²) in [5.41, 5.74) is 8.88. The second-order valence-corrected chi connectivity index (χ2v) is 5.75. The number of nitrogens with two attached hydrogens (primary N) is 1. The molecule has 3 unspecified atom stereocenters. The van der Waals surface area contributed by atoms with Gasteiger partial charge in [-0.15, -0.1) is 0 Å². The number of hydrogen-bond donors (Lipinski definition) is 2. The largest absolute Gasteiger partial charge is 0.320 e. The van der Waals surface area contributed by atoms with E-state index in [0.717, 1.165) is 19.3 Å². The van der Waals surface area contributed by atoms with Gasteiger partial charge in [0.25, 0.3) is 5.91 Å². The van der Waals surface area contributed by atoms with Crippen LogP contribution in [0.25, 0.3) is 0 Å². The molecule has 1 fully saturated rings. The van der Waals surface area contributed by atoms with Crippen molar-refractivity contribution < 1.29 is 4.79 Å². The minimum absolute atomic E-state index is 0.0423. The fourth-order valence-electron chi connectivity index (χ4n) is 2.47. The van der Waals surface area contributed by atoms with Crippen molar-refractivity contribution in [1.82, 2.24) is 10.4 Å². The first-order chi connectivity index (χ1) is 7.91. The Hall–Kier alpha value is -0.610. The van der Waals surface area contributed by atoms with E-state index in [9.17, 15) is 4.79 Å². The van der Waals surface area contributed by atoms with E-state index in [-0.39, 0.29) is 5.91 Å². The molecule has 1 rings (SSSR count). The van der Waals surface area contributed by atoms with Crippen molar-refractivity contribution >= 4 is 5.91 Å². The van der Waals surface area contributed by atoms with Crippen LogP contribution in [0.2, 0.25) is 0 Å². The summed E-state index contributed by atoms with van der Waals surface area (Å²) in [5, 5.41) is 2.08. The van der Waals surface area contributed by atoms with Crippen LogP contribution in [-0.2, 0) is 4.79 Å². The Morgan fingerprint density at radius 2 is 1.88 bits per heavy atom. The number of piperidine rings is 1. The van der Waals surface area contributed by atoms with Gasteiger partial charge in [-0.1, -0.05) is 20.3 Å². The van der Waals surface area contributed by atoms with Gasteiger partial charge in [0.15, 0.2) is 0 Å². The number of hydrogen-bond acceptors (Lipinski definition) is 3. The number of nitrogens with zero attached hydrogens (tertiary/aromatic N) is 1. The van der Waals surface area contributed by atoms with Gasteiger partial charge in [-0.05, 0) is 39.0 Å². The van der Waals surface area contributed by atoms with E-state index in [4.69, 9.17) is 5.73 Å². The lowest BCUT2D eigenvalue weighted by Gasteiger charge is -2.39. The molecule has 0 radical (unpaired) electrons. The van der Waals surface area contributed by atoms with Crippen LogP contribution in [0.5, 0.6) is 0 Å². The first-order valence-electron chi connectivity index (χ1n) is 6.76. The van der Waals surface area contributed by atoms with Gasteiger partial charge in [0.2, 0.25) is 0 Å². The lowest BCUT2D eigenvalue weighted by molar-refractivity contribution is -0.131. The lowest BCUT2D eigenvalue weighted by Crippen LogP contribution is -2.57. The molecule has 0 saturated carbocycles. The van der Waals surface area contributed by atoms with Gasteiger partial charge < -0.3 is 5.73 Å². The third kappa shape index (κ3) is 4.28. The summed E-state index contributed by atoms with van der Waals surface area (Å²) in [5.74, 6) is 0.409. The van der Waals surface area contributed by atoms with Crippen molar-refractivity contribution in [3.63, 3.8) is 0 Å². The molecular formula is C13H27N3O. The molecule has 4 heteroatoms. The Morgan fingerprint density at radius 3 is 2.35 bits per heavy atom. The molecule has 0 aromatic heterocycles. The maximum atomic E-state index is 12.0. The van der Waals surface area contributed by atoms with Gasteiger partial charge in [0.05, 0.1) is 6.04 Å². The number of hydrazine groups is 1. The topological polar surface area (TPSA) is 58.4 Å². The summed E-state index contributed by atoms with van der Waals surface area (Å²) in [6.07, 6.45) is 4.27. The third-order valence-corrected chi connectivity index (χ3v) is 3.49. The van der Waals surface area contributed by atoms with E-state index in [0.29, 0.717) is 18.0 Å². The fourth-order valence-corrected chi connectivity index (χ4v) is 2.47. The predicted octanol–water partition coefficient (Wildman–Crippen LogP) is 1.65. The van der Waals surface area contributed by atoms with Crippen molar-refractivity contribution in [3.05, 3.63) is 0 Å². The van der Waals surface area contributed by atoms with Crippen LogP contribution in [0, 0.1) is 5.92 Å². The lowest BCUT2D eigenvalue weighted by atomic mass is 9.99. The van der Waals surface area contributed by atoms with Crippen molar-refractivity contribution in [2.75, 3.05) is 0 Å². The Bertz CT molecular complexity index is 245. The van der Waals surface area contributed by atoms with Gasteiger partial charge in [-0.3, -0.25) is 10.2 Å². The number of nitrogens with one attached hydrogen (secondary N) is 1. The summed E-state index contributed by atoms with van der Waals surface area (Å²) < 4.78 is 0. The van der Waals surface area contributed by atoms with Crippen molar-refractivity contribution in [1.29, 1.82) is 0 Å². The smallest absolute Gasteiger partial charge is 0.251 e. The highest BCUT2D eigenvalue weighted by molar-refractivity contribution is 5.81. The van der Waals surface area contributed by atoms with Gasteiger partial charge >= 0.3 is 0 Å². The van der Waals surface area contributed by atoms with Gasteiger partial charge in [0.1, 0.15) is 0 Å². The Morgan fingerprint density at radius 1 is 1.35 bits per heavy atom. The minimum Gasteiger partial charge on any atom is -0.320 e. The van der Waals surface area contributed by atoms with Crippen LogP contribution in [0.1, 0.15) is 53.4 Å². The van der Waals surface area contributed by atoms with E-state index in [2.05, 4.69) is 38.1 Å². The number of carbonyl (C=O) groups is 1. The van der Waals surface area contributed by atoms with Crippen LogP contribution in [0.15, 0.2) is 0 Å². The van der Waals surface area contributed by atoms with Crippen molar-refractivity contribution in [2.45, 2.75) is 71.5 Å². The molecule has 100 valence electrons. The predicted molar refractivity (Wildman–Crippen MR) is 70.2 cm³/mol. The number of carbonyl (C=O) groups excluding carboxylic acids is 1. The molecule has 0 bridgehead atoms. The summed E-state index contributed by atoms with van der Waals surface area (Å²) in [6, 6.07) is 0.430. The van der Waals surface area contributed by atoms with Crippen molar-refractivity contribution in [3.8, 4) is 0 Å².